The number of hydrogen-bond acceptors (Lipinski definition) is 3. The number of piperidine rings is 1. The van der Waals surface area contributed by atoms with E-state index < -0.39 is 0 Å². The number of nitrogens with one attached hydrogen (secondary N) is 3. The van der Waals surface area contributed by atoms with Crippen LogP contribution < -0.4 is 16.0 Å². The van der Waals surface area contributed by atoms with E-state index in [-0.39, 0.29) is 36.2 Å². The third-order valence-corrected chi connectivity index (χ3v) is 4.00. The molecule has 6 heteroatoms. The molecule has 2 fully saturated rings. The van der Waals surface area contributed by atoms with Crippen LogP contribution in [0.2, 0.25) is 0 Å². The Kier molecular flexibility index (Phi) is 7.30. The molecular formula is C14H26ClN3O2. The van der Waals surface area contributed by atoms with Gasteiger partial charge in [0, 0.05) is 31.5 Å². The van der Waals surface area contributed by atoms with Crippen molar-refractivity contribution in [3.8, 4) is 0 Å². The van der Waals surface area contributed by atoms with E-state index in [1.807, 2.05) is 0 Å². The summed E-state index contributed by atoms with van der Waals surface area (Å²) in [4.78, 5) is 23.2. The predicted octanol–water partition coefficient (Wildman–Crippen LogP) is 0.829. The Balaban J connectivity index is 0.00000200. The molecule has 1 aliphatic heterocycles. The predicted molar refractivity (Wildman–Crippen MR) is 80.8 cm³/mol. The normalized spacial score (nSPS) is 25.4. The summed E-state index contributed by atoms with van der Waals surface area (Å²) in [7, 11) is 0. The molecule has 0 aromatic carbocycles. The standard InChI is InChI=1S/C14H25N3O2.ClH/c1-10-6-8-15-9-12(10)17-13(18)3-2-7-16-14(19)11-4-5-11;/h10-12,15H,2-9H2,1H3,(H,16,19)(H,17,18);1H. The van der Waals surface area contributed by atoms with Gasteiger partial charge in [-0.05, 0) is 38.1 Å². The van der Waals surface area contributed by atoms with Crippen molar-refractivity contribution in [1.29, 1.82) is 0 Å². The van der Waals surface area contributed by atoms with Crippen molar-refractivity contribution < 1.29 is 9.59 Å². The van der Waals surface area contributed by atoms with Crippen molar-refractivity contribution in [1.82, 2.24) is 16.0 Å². The molecule has 2 aliphatic rings. The molecule has 2 rings (SSSR count). The lowest BCUT2D eigenvalue weighted by molar-refractivity contribution is -0.124. The summed E-state index contributed by atoms with van der Waals surface area (Å²) >= 11 is 0. The van der Waals surface area contributed by atoms with Crippen LogP contribution >= 0.6 is 12.4 Å². The first-order chi connectivity index (χ1) is 9.16. The molecule has 5 nitrogen and oxygen atoms in total. The average molecular weight is 304 g/mol. The van der Waals surface area contributed by atoms with Crippen LogP contribution in [-0.4, -0.2) is 37.5 Å². The third-order valence-electron chi connectivity index (χ3n) is 4.00. The van der Waals surface area contributed by atoms with Gasteiger partial charge in [-0.1, -0.05) is 6.92 Å². The van der Waals surface area contributed by atoms with Crippen LogP contribution in [0.25, 0.3) is 0 Å². The minimum atomic E-state index is 0. The van der Waals surface area contributed by atoms with E-state index in [1.54, 1.807) is 0 Å². The van der Waals surface area contributed by atoms with Gasteiger partial charge in [-0.3, -0.25) is 9.59 Å². The highest BCUT2D eigenvalue weighted by molar-refractivity contribution is 5.85. The van der Waals surface area contributed by atoms with Crippen LogP contribution in [0.3, 0.4) is 0 Å². The van der Waals surface area contributed by atoms with Crippen molar-refractivity contribution >= 4 is 24.2 Å². The molecule has 20 heavy (non-hydrogen) atoms. The Labute approximate surface area is 127 Å². The van der Waals surface area contributed by atoms with Crippen molar-refractivity contribution in [3.05, 3.63) is 0 Å². The summed E-state index contributed by atoms with van der Waals surface area (Å²) < 4.78 is 0. The van der Waals surface area contributed by atoms with Crippen LogP contribution in [0.5, 0.6) is 0 Å². The van der Waals surface area contributed by atoms with E-state index in [2.05, 4.69) is 22.9 Å². The molecule has 1 saturated heterocycles. The first kappa shape index (κ1) is 17.2. The fraction of sp³-hybridized carbons (Fsp3) is 0.857. The molecule has 1 heterocycles. The second-order valence-corrected chi connectivity index (χ2v) is 5.81. The zero-order chi connectivity index (χ0) is 13.7. The Morgan fingerprint density at radius 3 is 2.65 bits per heavy atom. The van der Waals surface area contributed by atoms with Crippen molar-refractivity contribution in [3.63, 3.8) is 0 Å². The summed E-state index contributed by atoms with van der Waals surface area (Å²) in [6, 6.07) is 0.252. The zero-order valence-corrected chi connectivity index (χ0v) is 12.9. The number of halogens is 1. The maximum absolute atomic E-state index is 11.8. The van der Waals surface area contributed by atoms with Gasteiger partial charge in [-0.2, -0.15) is 0 Å². The van der Waals surface area contributed by atoms with Gasteiger partial charge in [-0.25, -0.2) is 0 Å². The summed E-state index contributed by atoms with van der Waals surface area (Å²) in [5.74, 6) is 1.05. The van der Waals surface area contributed by atoms with Gasteiger partial charge >= 0.3 is 0 Å². The smallest absolute Gasteiger partial charge is 0.223 e. The van der Waals surface area contributed by atoms with Gasteiger partial charge in [-0.15, -0.1) is 12.4 Å². The average Bonchev–Trinajstić information content (AvgIpc) is 3.21. The number of carbonyl (C=O) groups excluding carboxylic acids is 2. The fourth-order valence-corrected chi connectivity index (χ4v) is 2.41. The largest absolute Gasteiger partial charge is 0.356 e. The number of rotatable bonds is 6. The van der Waals surface area contributed by atoms with Crippen LogP contribution in [-0.2, 0) is 9.59 Å². The molecular weight excluding hydrogens is 278 g/mol. The third kappa shape index (κ3) is 5.67. The molecule has 0 radical (unpaired) electrons. The monoisotopic (exact) mass is 303 g/mol. The van der Waals surface area contributed by atoms with E-state index in [0.717, 1.165) is 38.8 Å². The number of amides is 2. The first-order valence-electron chi connectivity index (χ1n) is 7.44. The van der Waals surface area contributed by atoms with Gasteiger partial charge in [0.05, 0.1) is 0 Å². The highest BCUT2D eigenvalue weighted by atomic mass is 35.5. The lowest BCUT2D eigenvalue weighted by atomic mass is 9.95. The topological polar surface area (TPSA) is 70.2 Å². The van der Waals surface area contributed by atoms with Crippen LogP contribution in [0, 0.1) is 11.8 Å². The Morgan fingerprint density at radius 2 is 2.00 bits per heavy atom. The van der Waals surface area contributed by atoms with Gasteiger partial charge < -0.3 is 16.0 Å². The van der Waals surface area contributed by atoms with E-state index in [4.69, 9.17) is 0 Å². The Bertz CT molecular complexity index is 334. The van der Waals surface area contributed by atoms with E-state index in [9.17, 15) is 9.59 Å². The molecule has 2 amide bonds. The summed E-state index contributed by atoms with van der Waals surface area (Å²) in [6.45, 7) is 4.70. The Hall–Kier alpha value is -0.810. The molecule has 0 spiro atoms. The lowest BCUT2D eigenvalue weighted by Crippen LogP contribution is -2.50. The van der Waals surface area contributed by atoms with Gasteiger partial charge in [0.2, 0.25) is 11.8 Å². The Morgan fingerprint density at radius 1 is 1.25 bits per heavy atom. The summed E-state index contributed by atoms with van der Waals surface area (Å²) in [5.41, 5.74) is 0. The van der Waals surface area contributed by atoms with Crippen molar-refractivity contribution in [2.24, 2.45) is 11.8 Å². The number of hydrogen-bond donors (Lipinski definition) is 3. The molecule has 3 N–H and O–H groups in total. The first-order valence-corrected chi connectivity index (χ1v) is 7.44. The molecule has 0 aromatic heterocycles. The van der Waals surface area contributed by atoms with E-state index in [0.29, 0.717) is 18.9 Å². The van der Waals surface area contributed by atoms with Crippen molar-refractivity contribution in [2.75, 3.05) is 19.6 Å². The molecule has 2 atom stereocenters. The molecule has 1 aliphatic carbocycles. The summed E-state index contributed by atoms with van der Waals surface area (Å²) in [6.07, 6.45) is 4.38. The highest BCUT2D eigenvalue weighted by Gasteiger charge is 2.29. The SMILES string of the molecule is CC1CCNCC1NC(=O)CCCNC(=O)C1CC1.Cl. The minimum absolute atomic E-state index is 0. The molecule has 2 unspecified atom stereocenters. The van der Waals surface area contributed by atoms with Crippen molar-refractivity contribution in [2.45, 2.75) is 45.1 Å². The fourth-order valence-electron chi connectivity index (χ4n) is 2.41. The molecule has 116 valence electrons. The second kappa shape index (κ2) is 8.47. The highest BCUT2D eigenvalue weighted by Crippen LogP contribution is 2.28. The van der Waals surface area contributed by atoms with Crippen LogP contribution in [0.1, 0.15) is 39.0 Å². The van der Waals surface area contributed by atoms with Gasteiger partial charge in [0.25, 0.3) is 0 Å². The molecule has 0 aromatic rings. The summed E-state index contributed by atoms with van der Waals surface area (Å²) in [5, 5.41) is 9.26. The second-order valence-electron chi connectivity index (χ2n) is 5.81. The van der Waals surface area contributed by atoms with E-state index >= 15 is 0 Å². The van der Waals surface area contributed by atoms with E-state index in [1.165, 1.54) is 0 Å². The maximum atomic E-state index is 11.8. The van der Waals surface area contributed by atoms with Gasteiger partial charge in [0.15, 0.2) is 0 Å². The molecule has 1 saturated carbocycles. The lowest BCUT2D eigenvalue weighted by Gasteiger charge is -2.30. The van der Waals surface area contributed by atoms with Crippen LogP contribution in [0.15, 0.2) is 0 Å². The maximum Gasteiger partial charge on any atom is 0.223 e. The van der Waals surface area contributed by atoms with Gasteiger partial charge in [0.1, 0.15) is 0 Å². The number of carbonyl (C=O) groups is 2. The quantitative estimate of drug-likeness (QED) is 0.637. The minimum Gasteiger partial charge on any atom is -0.356 e. The van der Waals surface area contributed by atoms with Crippen LogP contribution in [0.4, 0.5) is 0 Å². The molecule has 0 bridgehead atoms. The zero-order valence-electron chi connectivity index (χ0n) is 12.1.